The van der Waals surface area contributed by atoms with Gasteiger partial charge in [-0.05, 0) is 26.2 Å². The Morgan fingerprint density at radius 2 is 1.98 bits per heavy atom. The van der Waals surface area contributed by atoms with Crippen LogP contribution in [0.5, 0.6) is 5.75 Å². The van der Waals surface area contributed by atoms with Crippen molar-refractivity contribution in [2.24, 2.45) is 11.7 Å². The zero-order valence-electron chi connectivity index (χ0n) is 24.2. The molecule has 1 saturated heterocycles. The van der Waals surface area contributed by atoms with Crippen LogP contribution < -0.4 is 15.8 Å². The maximum Gasteiger partial charge on any atom is 0.345 e. The first kappa shape index (κ1) is 32.7. The second-order valence-electron chi connectivity index (χ2n) is 11.7. The van der Waals surface area contributed by atoms with Crippen LogP contribution in [0.2, 0.25) is 5.02 Å². The van der Waals surface area contributed by atoms with Gasteiger partial charge in [0.05, 0.1) is 11.3 Å². The number of fused-ring (bicyclic) bond motifs is 1. The predicted octanol–water partition coefficient (Wildman–Crippen LogP) is 4.44. The first-order chi connectivity index (χ1) is 20.6. The highest BCUT2D eigenvalue weighted by Crippen LogP contribution is 2.52. The average molecular weight is 660 g/mol. The molecule has 1 aromatic carbocycles. The molecule has 240 valence electrons. The molecular weight excluding hydrogens is 626 g/mol. The van der Waals surface area contributed by atoms with E-state index in [1.807, 2.05) is 24.3 Å². The molecule has 0 aromatic heterocycles. The number of allylic oxidation sites excluding steroid dienone is 3. The Hall–Kier alpha value is -2.71. The van der Waals surface area contributed by atoms with Crippen molar-refractivity contribution in [2.75, 3.05) is 25.9 Å². The van der Waals surface area contributed by atoms with E-state index in [9.17, 15) is 22.0 Å². The Bertz CT molecular complexity index is 1550. The molecular formula is C30H34ClF4N3O5S. The quantitative estimate of drug-likeness (QED) is 0.380. The number of alkyl halides is 3. The molecule has 1 fully saturated rings. The lowest BCUT2D eigenvalue weighted by atomic mass is 9.75. The van der Waals surface area contributed by atoms with Crippen molar-refractivity contribution < 1.29 is 40.2 Å². The van der Waals surface area contributed by atoms with Crippen molar-refractivity contribution in [3.05, 3.63) is 70.1 Å². The summed E-state index contributed by atoms with van der Waals surface area (Å²) in [6.45, 7) is -1.40. The van der Waals surface area contributed by atoms with Crippen LogP contribution in [-0.4, -0.2) is 74.5 Å². The molecule has 4 aliphatic rings. The Morgan fingerprint density at radius 1 is 1.27 bits per heavy atom. The third kappa shape index (κ3) is 6.21. The highest BCUT2D eigenvalue weighted by atomic mass is 35.5. The maximum atomic E-state index is 16.6. The number of benzene rings is 1. The number of amides is 1. The van der Waals surface area contributed by atoms with E-state index in [0.717, 1.165) is 25.1 Å². The normalized spacial score (nSPS) is 29.4. The van der Waals surface area contributed by atoms with E-state index in [0.29, 0.717) is 37.9 Å². The molecule has 0 saturated carbocycles. The first-order valence-electron chi connectivity index (χ1n) is 14.2. The van der Waals surface area contributed by atoms with Crippen molar-refractivity contribution >= 4 is 33.1 Å². The molecule has 5 rings (SSSR count). The number of nitrogens with two attached hydrogens (primary N) is 1. The van der Waals surface area contributed by atoms with E-state index in [1.54, 1.807) is 0 Å². The van der Waals surface area contributed by atoms with Gasteiger partial charge in [0, 0.05) is 66.4 Å². The van der Waals surface area contributed by atoms with E-state index >= 15 is 8.78 Å². The molecule has 3 unspecified atom stereocenters. The minimum atomic E-state index is -3.33. The molecule has 2 aliphatic carbocycles. The van der Waals surface area contributed by atoms with Gasteiger partial charge in [-0.1, -0.05) is 48.1 Å². The lowest BCUT2D eigenvalue weighted by Gasteiger charge is -2.39. The van der Waals surface area contributed by atoms with E-state index < -0.39 is 56.3 Å². The maximum absolute atomic E-state index is 16.6. The Kier molecular flexibility index (Phi) is 9.09. The average Bonchev–Trinajstić information content (AvgIpc) is 3.33. The number of rotatable bonds is 9. The fourth-order valence-electron chi connectivity index (χ4n) is 6.56. The molecule has 2 aliphatic heterocycles. The van der Waals surface area contributed by atoms with Crippen LogP contribution >= 0.6 is 11.6 Å². The number of piperidine rings is 1. The van der Waals surface area contributed by atoms with Gasteiger partial charge in [-0.15, -0.1) is 0 Å². The van der Waals surface area contributed by atoms with Crippen molar-refractivity contribution in [1.82, 2.24) is 9.62 Å². The summed E-state index contributed by atoms with van der Waals surface area (Å²) in [7, 11) is -3.31. The van der Waals surface area contributed by atoms with Crippen LogP contribution in [0, 0.1) is 11.7 Å². The largest absolute Gasteiger partial charge is 0.485 e. The molecule has 0 bridgehead atoms. The summed E-state index contributed by atoms with van der Waals surface area (Å²) >= 11 is 6.50. The molecule has 44 heavy (non-hydrogen) atoms. The summed E-state index contributed by atoms with van der Waals surface area (Å²) in [5.74, 6) is -2.16. The number of ether oxygens (including phenoxy) is 2. The number of nitrogens with zero attached hydrogens (tertiary/aromatic N) is 1. The minimum absolute atomic E-state index is 0.0332. The van der Waals surface area contributed by atoms with Crippen LogP contribution in [0.1, 0.15) is 37.3 Å². The predicted molar refractivity (Wildman–Crippen MR) is 158 cm³/mol. The lowest BCUT2D eigenvalue weighted by molar-refractivity contribution is -0.172. The summed E-state index contributed by atoms with van der Waals surface area (Å²) in [6.07, 6.45) is 10.9. The van der Waals surface area contributed by atoms with Crippen molar-refractivity contribution in [3.8, 4) is 5.75 Å². The second-order valence-corrected chi connectivity index (χ2v) is 14.1. The number of nitrogens with one attached hydrogen (secondary N) is 1. The van der Waals surface area contributed by atoms with Crippen LogP contribution in [0.25, 0.3) is 5.57 Å². The van der Waals surface area contributed by atoms with Gasteiger partial charge in [0.2, 0.25) is 15.9 Å². The molecule has 1 amide bonds. The Morgan fingerprint density at radius 3 is 2.57 bits per heavy atom. The summed E-state index contributed by atoms with van der Waals surface area (Å²) in [5.41, 5.74) is 1.11. The number of sulfonamides is 1. The van der Waals surface area contributed by atoms with Crippen LogP contribution in [0.3, 0.4) is 0 Å². The third-order valence-corrected chi connectivity index (χ3v) is 10.5. The SMILES string of the molecule is CC1(F)C(c2c(Cl)c(F)cc3c2C[C@@](CNC2CCN(S(C)(=O)=O)CC2)(C2C=CC=CC2)O3)=C(C(N)=O)C=CC1OC(F)F. The van der Waals surface area contributed by atoms with Crippen LogP contribution in [0.4, 0.5) is 17.6 Å². The molecule has 2 heterocycles. The summed E-state index contributed by atoms with van der Waals surface area (Å²) in [6, 6.07) is 1.07. The fraction of sp³-hybridized carbons (Fsp3) is 0.500. The van der Waals surface area contributed by atoms with Crippen molar-refractivity contribution in [2.45, 2.75) is 62.6 Å². The van der Waals surface area contributed by atoms with Gasteiger partial charge in [0.1, 0.15) is 23.3 Å². The monoisotopic (exact) mass is 659 g/mol. The number of hydrogen-bond acceptors (Lipinski definition) is 6. The number of carbonyl (C=O) groups is 1. The van der Waals surface area contributed by atoms with E-state index in [1.165, 1.54) is 10.6 Å². The molecule has 0 spiro atoms. The van der Waals surface area contributed by atoms with Gasteiger partial charge in [0.25, 0.3) is 0 Å². The van der Waals surface area contributed by atoms with Crippen molar-refractivity contribution in [3.63, 3.8) is 0 Å². The minimum Gasteiger partial charge on any atom is -0.485 e. The van der Waals surface area contributed by atoms with Gasteiger partial charge in [-0.3, -0.25) is 4.79 Å². The van der Waals surface area contributed by atoms with E-state index in [4.69, 9.17) is 22.1 Å². The van der Waals surface area contributed by atoms with Crippen LogP contribution in [-0.2, 0) is 26.0 Å². The lowest BCUT2D eigenvalue weighted by Crippen LogP contribution is -2.54. The smallest absolute Gasteiger partial charge is 0.345 e. The highest BCUT2D eigenvalue weighted by molar-refractivity contribution is 7.88. The van der Waals surface area contributed by atoms with E-state index in [-0.39, 0.29) is 41.8 Å². The van der Waals surface area contributed by atoms with Gasteiger partial charge >= 0.3 is 6.61 Å². The zero-order chi connectivity index (χ0) is 32.0. The number of carbonyl (C=O) groups excluding carboxylic acids is 1. The molecule has 0 radical (unpaired) electrons. The van der Waals surface area contributed by atoms with Gasteiger partial charge in [0.15, 0.2) is 5.67 Å². The van der Waals surface area contributed by atoms with Gasteiger partial charge in [-0.2, -0.15) is 8.78 Å². The summed E-state index contributed by atoms with van der Waals surface area (Å²) in [4.78, 5) is 12.5. The standard InChI is InChI=1S/C30H34ClF4N3O5S/c1-29(35)23(42-28(33)34)9-8-19(27(36)39)25(29)24-20-15-30(17-6-4-3-5-7-17,43-22(20)14-21(32)26(24)31)16-37-18-10-12-38(13-11-18)44(2,40)41/h3-6,8-9,14,17-18,23,28,37H,7,10-13,15-16H2,1-2H3,(H2,36,39)/t17?,23?,29?,30-/m1/s1. The highest BCUT2D eigenvalue weighted by Gasteiger charge is 2.51. The molecule has 14 heteroatoms. The number of halogens is 5. The molecule has 1 aromatic rings. The summed E-state index contributed by atoms with van der Waals surface area (Å²) < 4.78 is 95.0. The molecule has 3 N–H and O–H groups in total. The van der Waals surface area contributed by atoms with Crippen molar-refractivity contribution in [1.29, 1.82) is 0 Å². The first-order valence-corrected chi connectivity index (χ1v) is 16.4. The Labute approximate surface area is 258 Å². The molecule has 8 nitrogen and oxygen atoms in total. The van der Waals surface area contributed by atoms with Gasteiger partial charge < -0.3 is 20.5 Å². The molecule has 4 atom stereocenters. The number of primary amides is 1. The number of hydrogen-bond donors (Lipinski definition) is 2. The fourth-order valence-corrected chi connectivity index (χ4v) is 7.70. The third-order valence-electron chi connectivity index (χ3n) is 8.84. The Balaban J connectivity index is 1.55. The van der Waals surface area contributed by atoms with Gasteiger partial charge in [-0.25, -0.2) is 21.5 Å². The summed E-state index contributed by atoms with van der Waals surface area (Å²) in [5, 5.41) is 3.00. The zero-order valence-corrected chi connectivity index (χ0v) is 25.7. The second kappa shape index (κ2) is 12.2. The topological polar surface area (TPSA) is 111 Å². The van der Waals surface area contributed by atoms with Crippen LogP contribution in [0.15, 0.2) is 48.1 Å². The van der Waals surface area contributed by atoms with E-state index in [2.05, 4.69) is 10.1 Å².